The molecule has 0 N–H and O–H groups in total. The molecular weight excluding hydrogens is 375 g/mol. The lowest BCUT2D eigenvalue weighted by atomic mass is 9.91. The van der Waals surface area contributed by atoms with E-state index in [-0.39, 0.29) is 40.9 Å². The van der Waals surface area contributed by atoms with E-state index in [2.05, 4.69) is 15.2 Å². The van der Waals surface area contributed by atoms with Crippen LogP contribution in [0, 0.1) is 6.92 Å². The van der Waals surface area contributed by atoms with Gasteiger partial charge in [0.15, 0.2) is 0 Å². The van der Waals surface area contributed by atoms with E-state index in [0.717, 1.165) is 6.07 Å². The SMILES string of the molecule is Cc1cc(C(F)(F)F)c2c([C@H]3CCCN(C(=O)c4ccn(C)n4)C3)noc2n1. The number of carbonyl (C=O) groups is 1. The van der Waals surface area contributed by atoms with E-state index in [1.807, 2.05) is 0 Å². The van der Waals surface area contributed by atoms with E-state index in [1.54, 1.807) is 24.2 Å². The molecule has 4 heterocycles. The fourth-order valence-electron chi connectivity index (χ4n) is 3.67. The number of alkyl halides is 3. The highest BCUT2D eigenvalue weighted by Crippen LogP contribution is 2.40. The zero-order valence-electron chi connectivity index (χ0n) is 15.3. The van der Waals surface area contributed by atoms with Crippen LogP contribution < -0.4 is 0 Å². The summed E-state index contributed by atoms with van der Waals surface area (Å²) in [5.74, 6) is -0.614. The smallest absolute Gasteiger partial charge is 0.337 e. The van der Waals surface area contributed by atoms with Crippen LogP contribution in [0.3, 0.4) is 0 Å². The quantitative estimate of drug-likeness (QED) is 0.668. The van der Waals surface area contributed by atoms with E-state index in [4.69, 9.17) is 4.52 Å². The van der Waals surface area contributed by atoms with Gasteiger partial charge in [-0.15, -0.1) is 0 Å². The van der Waals surface area contributed by atoms with Crippen LogP contribution in [-0.4, -0.2) is 43.8 Å². The lowest BCUT2D eigenvalue weighted by Gasteiger charge is -2.31. The number of amides is 1. The number of aromatic nitrogens is 4. The Morgan fingerprint density at radius 3 is 2.82 bits per heavy atom. The highest BCUT2D eigenvalue weighted by Gasteiger charge is 2.38. The van der Waals surface area contributed by atoms with E-state index >= 15 is 0 Å². The highest BCUT2D eigenvalue weighted by atomic mass is 19.4. The van der Waals surface area contributed by atoms with Gasteiger partial charge < -0.3 is 9.42 Å². The van der Waals surface area contributed by atoms with Gasteiger partial charge in [0.2, 0.25) is 0 Å². The molecule has 0 unspecified atom stereocenters. The molecule has 1 aliphatic rings. The molecule has 1 fully saturated rings. The molecule has 10 heteroatoms. The van der Waals surface area contributed by atoms with Crippen molar-refractivity contribution < 1.29 is 22.5 Å². The average Bonchev–Trinajstić information content (AvgIpc) is 3.26. The molecule has 0 spiro atoms. The second-order valence-electron chi connectivity index (χ2n) is 7.02. The van der Waals surface area contributed by atoms with Crippen molar-refractivity contribution in [3.05, 3.63) is 41.0 Å². The molecule has 1 aliphatic heterocycles. The average molecular weight is 393 g/mol. The number of likely N-dealkylation sites (tertiary alicyclic amines) is 1. The third-order valence-electron chi connectivity index (χ3n) is 4.93. The van der Waals surface area contributed by atoms with Crippen LogP contribution in [-0.2, 0) is 13.2 Å². The van der Waals surface area contributed by atoms with Gasteiger partial charge in [-0.1, -0.05) is 5.16 Å². The zero-order valence-corrected chi connectivity index (χ0v) is 15.3. The molecule has 7 nitrogen and oxygen atoms in total. The predicted octanol–water partition coefficient (Wildman–Crippen LogP) is 3.30. The van der Waals surface area contributed by atoms with Crippen molar-refractivity contribution in [3.63, 3.8) is 0 Å². The molecule has 0 radical (unpaired) electrons. The van der Waals surface area contributed by atoms with Crippen LogP contribution in [0.5, 0.6) is 0 Å². The number of fused-ring (bicyclic) bond motifs is 1. The summed E-state index contributed by atoms with van der Waals surface area (Å²) in [4.78, 5) is 18.3. The Labute approximate surface area is 158 Å². The first-order chi connectivity index (χ1) is 13.2. The first-order valence-electron chi connectivity index (χ1n) is 8.87. The molecule has 1 atom stereocenters. The van der Waals surface area contributed by atoms with Crippen molar-refractivity contribution in [2.24, 2.45) is 7.05 Å². The number of pyridine rings is 1. The maximum absolute atomic E-state index is 13.6. The third-order valence-corrected chi connectivity index (χ3v) is 4.93. The molecule has 0 aliphatic carbocycles. The van der Waals surface area contributed by atoms with Crippen molar-refractivity contribution in [3.8, 4) is 0 Å². The Morgan fingerprint density at radius 1 is 1.36 bits per heavy atom. The van der Waals surface area contributed by atoms with Crippen LogP contribution in [0.1, 0.15) is 46.2 Å². The standard InChI is InChI=1S/C18H18F3N5O2/c1-10-8-12(18(19,20)21)14-15(24-28-16(14)22-10)11-4-3-6-26(9-11)17(27)13-5-7-25(2)23-13/h5,7-8,11H,3-4,6,9H2,1-2H3/t11-/m0/s1. The van der Waals surface area contributed by atoms with Gasteiger partial charge in [-0.25, -0.2) is 4.98 Å². The number of rotatable bonds is 2. The van der Waals surface area contributed by atoms with Gasteiger partial charge in [-0.2, -0.15) is 18.3 Å². The second kappa shape index (κ2) is 6.61. The summed E-state index contributed by atoms with van der Waals surface area (Å²) in [6, 6.07) is 2.62. The van der Waals surface area contributed by atoms with Crippen molar-refractivity contribution in [1.29, 1.82) is 0 Å². The third kappa shape index (κ3) is 3.23. The molecule has 3 aromatic rings. The predicted molar refractivity (Wildman–Crippen MR) is 92.6 cm³/mol. The van der Waals surface area contributed by atoms with Crippen molar-refractivity contribution in [1.82, 2.24) is 24.8 Å². The summed E-state index contributed by atoms with van der Waals surface area (Å²) in [6.07, 6.45) is -1.62. The summed E-state index contributed by atoms with van der Waals surface area (Å²) >= 11 is 0. The zero-order chi connectivity index (χ0) is 20.1. The van der Waals surface area contributed by atoms with E-state index < -0.39 is 11.7 Å². The molecular formula is C18H18F3N5O2. The van der Waals surface area contributed by atoms with Crippen LogP contribution in [0.15, 0.2) is 22.9 Å². The maximum Gasteiger partial charge on any atom is 0.417 e. The number of piperidine rings is 1. The van der Waals surface area contributed by atoms with Crippen LogP contribution in [0.2, 0.25) is 0 Å². The van der Waals surface area contributed by atoms with Gasteiger partial charge in [-0.05, 0) is 31.9 Å². The van der Waals surface area contributed by atoms with Gasteiger partial charge in [-0.3, -0.25) is 9.48 Å². The van der Waals surface area contributed by atoms with Gasteiger partial charge in [0.25, 0.3) is 11.6 Å². The van der Waals surface area contributed by atoms with Crippen molar-refractivity contribution >= 4 is 17.0 Å². The summed E-state index contributed by atoms with van der Waals surface area (Å²) in [6.45, 7) is 2.25. The molecule has 0 bridgehead atoms. The topological polar surface area (TPSA) is 77.0 Å². The van der Waals surface area contributed by atoms with Gasteiger partial charge in [0.05, 0.1) is 16.6 Å². The minimum absolute atomic E-state index is 0.116. The first kappa shape index (κ1) is 18.5. The lowest BCUT2D eigenvalue weighted by Crippen LogP contribution is -2.39. The van der Waals surface area contributed by atoms with E-state index in [9.17, 15) is 18.0 Å². The summed E-state index contributed by atoms with van der Waals surface area (Å²) in [5, 5.41) is 7.91. The fourth-order valence-corrected chi connectivity index (χ4v) is 3.67. The number of halogens is 3. The number of hydrogen-bond donors (Lipinski definition) is 0. The second-order valence-corrected chi connectivity index (χ2v) is 7.02. The van der Waals surface area contributed by atoms with Gasteiger partial charge >= 0.3 is 6.18 Å². The monoisotopic (exact) mass is 393 g/mol. The minimum atomic E-state index is -4.55. The number of carbonyl (C=O) groups excluding carboxylic acids is 1. The molecule has 4 rings (SSSR count). The van der Waals surface area contributed by atoms with Crippen molar-refractivity contribution in [2.45, 2.75) is 31.9 Å². The van der Waals surface area contributed by atoms with E-state index in [0.29, 0.717) is 25.1 Å². The molecule has 1 amide bonds. The maximum atomic E-state index is 13.6. The highest BCUT2D eigenvalue weighted by molar-refractivity contribution is 5.92. The van der Waals surface area contributed by atoms with Crippen LogP contribution in [0.25, 0.3) is 11.1 Å². The summed E-state index contributed by atoms with van der Waals surface area (Å²) < 4.78 is 47.4. The number of nitrogens with zero attached hydrogens (tertiary/aromatic N) is 5. The molecule has 0 saturated carbocycles. The molecule has 3 aromatic heterocycles. The number of aryl methyl sites for hydroxylation is 2. The Balaban J connectivity index is 1.69. The largest absolute Gasteiger partial charge is 0.417 e. The fraction of sp³-hybridized carbons (Fsp3) is 0.444. The summed E-state index contributed by atoms with van der Waals surface area (Å²) in [5.41, 5.74) is -0.220. The van der Waals surface area contributed by atoms with Crippen LogP contribution >= 0.6 is 0 Å². The van der Waals surface area contributed by atoms with E-state index in [1.165, 1.54) is 11.6 Å². The molecule has 1 saturated heterocycles. The van der Waals surface area contributed by atoms with Crippen LogP contribution in [0.4, 0.5) is 13.2 Å². The Kier molecular flexibility index (Phi) is 4.35. The Morgan fingerprint density at radius 2 is 2.14 bits per heavy atom. The number of hydrogen-bond acceptors (Lipinski definition) is 5. The minimum Gasteiger partial charge on any atom is -0.337 e. The first-order valence-corrected chi connectivity index (χ1v) is 8.87. The molecule has 148 valence electrons. The lowest BCUT2D eigenvalue weighted by molar-refractivity contribution is -0.136. The van der Waals surface area contributed by atoms with Gasteiger partial charge in [0, 0.05) is 37.9 Å². The normalized spacial score (nSPS) is 18.0. The Bertz CT molecular complexity index is 1040. The molecule has 28 heavy (non-hydrogen) atoms. The molecule has 0 aromatic carbocycles. The Hall–Kier alpha value is -2.91. The van der Waals surface area contributed by atoms with Gasteiger partial charge in [0.1, 0.15) is 5.69 Å². The summed E-state index contributed by atoms with van der Waals surface area (Å²) in [7, 11) is 1.71. The van der Waals surface area contributed by atoms with Crippen molar-refractivity contribution in [2.75, 3.05) is 13.1 Å².